The molecule has 0 saturated heterocycles. The van der Waals surface area contributed by atoms with Crippen molar-refractivity contribution in [1.29, 1.82) is 0 Å². The van der Waals surface area contributed by atoms with Gasteiger partial charge in [0.25, 0.3) is 0 Å². The van der Waals surface area contributed by atoms with Crippen LogP contribution in [-0.4, -0.2) is 0 Å². The second kappa shape index (κ2) is 14.6. The summed E-state index contributed by atoms with van der Waals surface area (Å²) in [6, 6.07) is 56.2. The molecule has 0 fully saturated rings. The lowest BCUT2D eigenvalue weighted by atomic mass is 9.82. The maximum Gasteiger partial charge on any atom is 0.0543 e. The maximum absolute atomic E-state index is 8.60. The van der Waals surface area contributed by atoms with Gasteiger partial charge in [0, 0.05) is 37.7 Å². The number of anilines is 4. The van der Waals surface area contributed by atoms with Gasteiger partial charge in [0.15, 0.2) is 0 Å². The van der Waals surface area contributed by atoms with Gasteiger partial charge < -0.3 is 10.6 Å². The Morgan fingerprint density at radius 3 is 0.906 bits per heavy atom. The summed E-state index contributed by atoms with van der Waals surface area (Å²) in [6.07, 6.45) is 0. The second-order valence-corrected chi connectivity index (χ2v) is 15.9. The molecule has 0 heterocycles. The average molecular weight is 694 g/mol. The van der Waals surface area contributed by atoms with E-state index in [1.54, 1.807) is 12.1 Å². The lowest BCUT2D eigenvalue weighted by Crippen LogP contribution is -2.12. The molecule has 0 saturated carbocycles. The molecule has 2 nitrogen and oxygen atoms in total. The summed E-state index contributed by atoms with van der Waals surface area (Å²) in [4.78, 5) is 0. The lowest BCUT2D eigenvalue weighted by molar-refractivity contribution is 0.590. The summed E-state index contributed by atoms with van der Waals surface area (Å²) in [7, 11) is 0. The van der Waals surface area contributed by atoms with Gasteiger partial charge in [-0.25, -0.2) is 0 Å². The molecule has 0 unspecified atom stereocenters. The van der Waals surface area contributed by atoms with Crippen molar-refractivity contribution in [2.45, 2.75) is 59.2 Å². The standard InChI is InChI=1S/C51H50N2/c1-35-28-42(52-48-44(36-20-12-8-13-21-36)30-40(50(2,3)4)31-45(48)37-22-14-9-15-23-37)34-43(29-35)53-49-46(38-24-16-10-17-25-38)32-41(51(5,6)7)33-47(49)39-26-18-11-19-27-39/h8-34,52-53H,1-7H3/i1D3. The molecule has 7 rings (SSSR count). The fourth-order valence-electron chi connectivity index (χ4n) is 6.86. The Bertz CT molecular complexity index is 2160. The first-order chi connectivity index (χ1) is 26.6. The molecule has 0 atom stereocenters. The Kier molecular flexibility index (Phi) is 8.79. The fraction of sp³-hybridized carbons (Fsp3) is 0.176. The summed E-state index contributed by atoms with van der Waals surface area (Å²) < 4.78 is 25.8. The van der Waals surface area contributed by atoms with Gasteiger partial charge in [-0.2, -0.15) is 0 Å². The zero-order valence-corrected chi connectivity index (χ0v) is 31.6. The van der Waals surface area contributed by atoms with E-state index in [-0.39, 0.29) is 16.4 Å². The minimum absolute atomic E-state index is 0.112. The SMILES string of the molecule is [2H]C([2H])([2H])c1cc(Nc2c(-c3ccccc3)cc(C(C)(C)C)cc2-c2ccccc2)cc(Nc2c(-c3ccccc3)cc(C(C)(C)C)cc2-c2ccccc2)c1. The maximum atomic E-state index is 8.60. The zero-order chi connectivity index (χ0) is 39.7. The number of aryl methyl sites for hydroxylation is 1. The van der Waals surface area contributed by atoms with E-state index in [4.69, 9.17) is 4.11 Å². The molecule has 0 radical (unpaired) electrons. The minimum Gasteiger partial charge on any atom is -0.354 e. The number of benzene rings is 7. The third kappa shape index (κ3) is 7.98. The van der Waals surface area contributed by atoms with Gasteiger partial charge in [-0.1, -0.05) is 163 Å². The van der Waals surface area contributed by atoms with Gasteiger partial charge in [-0.05, 0) is 99.1 Å². The minimum atomic E-state index is -2.35. The van der Waals surface area contributed by atoms with Gasteiger partial charge in [-0.15, -0.1) is 0 Å². The molecule has 0 aliphatic heterocycles. The molecule has 0 bridgehead atoms. The first-order valence-electron chi connectivity index (χ1n) is 19.9. The molecule has 2 heteroatoms. The van der Waals surface area contributed by atoms with Gasteiger partial charge >= 0.3 is 0 Å². The Labute approximate surface area is 320 Å². The summed E-state index contributed by atoms with van der Waals surface area (Å²) in [5.41, 5.74) is 14.1. The quantitative estimate of drug-likeness (QED) is 0.166. The first-order valence-corrected chi connectivity index (χ1v) is 18.4. The van der Waals surface area contributed by atoms with Crippen LogP contribution in [-0.2, 0) is 10.8 Å². The van der Waals surface area contributed by atoms with Crippen molar-refractivity contribution >= 4 is 22.7 Å². The molecule has 53 heavy (non-hydrogen) atoms. The van der Waals surface area contributed by atoms with E-state index >= 15 is 0 Å². The third-order valence-electron chi connectivity index (χ3n) is 9.82. The van der Waals surface area contributed by atoms with Crippen LogP contribution in [0.2, 0.25) is 0 Å². The topological polar surface area (TPSA) is 24.1 Å². The predicted molar refractivity (Wildman–Crippen MR) is 230 cm³/mol. The largest absolute Gasteiger partial charge is 0.354 e. The molecule has 0 aliphatic carbocycles. The van der Waals surface area contributed by atoms with Gasteiger partial charge in [0.2, 0.25) is 0 Å². The van der Waals surface area contributed by atoms with Crippen molar-refractivity contribution in [2.75, 3.05) is 10.6 Å². The van der Waals surface area contributed by atoms with Crippen LogP contribution in [0.4, 0.5) is 22.7 Å². The predicted octanol–water partition coefficient (Wildman–Crippen LogP) is 14.7. The van der Waals surface area contributed by atoms with Crippen molar-refractivity contribution in [3.63, 3.8) is 0 Å². The monoisotopic (exact) mass is 693 g/mol. The van der Waals surface area contributed by atoms with Gasteiger partial charge in [0.1, 0.15) is 0 Å². The van der Waals surface area contributed by atoms with E-state index in [1.807, 2.05) is 30.3 Å². The van der Waals surface area contributed by atoms with E-state index < -0.39 is 6.85 Å². The van der Waals surface area contributed by atoms with E-state index in [9.17, 15) is 0 Å². The van der Waals surface area contributed by atoms with Crippen molar-refractivity contribution in [2.24, 2.45) is 0 Å². The lowest BCUT2D eigenvalue weighted by Gasteiger charge is -2.26. The van der Waals surface area contributed by atoms with E-state index in [2.05, 4.69) is 174 Å². The van der Waals surface area contributed by atoms with Crippen LogP contribution in [0.5, 0.6) is 0 Å². The highest BCUT2D eigenvalue weighted by Gasteiger charge is 2.23. The van der Waals surface area contributed by atoms with E-state index in [0.29, 0.717) is 11.4 Å². The van der Waals surface area contributed by atoms with Crippen LogP contribution >= 0.6 is 0 Å². The second-order valence-electron chi connectivity index (χ2n) is 15.9. The van der Waals surface area contributed by atoms with Crippen molar-refractivity contribution < 1.29 is 4.11 Å². The van der Waals surface area contributed by atoms with E-state index in [0.717, 1.165) is 55.9 Å². The molecule has 7 aromatic carbocycles. The fourth-order valence-corrected chi connectivity index (χ4v) is 6.86. The molecule has 7 aromatic rings. The van der Waals surface area contributed by atoms with Crippen molar-refractivity contribution in [3.05, 3.63) is 180 Å². The highest BCUT2D eigenvalue weighted by Crippen LogP contribution is 2.45. The van der Waals surface area contributed by atoms with Crippen LogP contribution in [0.25, 0.3) is 44.5 Å². The van der Waals surface area contributed by atoms with Gasteiger partial charge in [0.05, 0.1) is 11.4 Å². The van der Waals surface area contributed by atoms with Crippen LogP contribution in [0.1, 0.15) is 62.3 Å². The molecule has 0 amide bonds. The van der Waals surface area contributed by atoms with Gasteiger partial charge in [-0.3, -0.25) is 0 Å². The van der Waals surface area contributed by atoms with Crippen LogP contribution in [0.3, 0.4) is 0 Å². The smallest absolute Gasteiger partial charge is 0.0543 e. The third-order valence-corrected chi connectivity index (χ3v) is 9.82. The number of rotatable bonds is 8. The summed E-state index contributed by atoms with van der Waals surface area (Å²) in [5.74, 6) is 0. The number of nitrogens with one attached hydrogen (secondary N) is 2. The molecule has 0 aromatic heterocycles. The summed E-state index contributed by atoms with van der Waals surface area (Å²) in [6.45, 7) is 11.1. The first kappa shape index (κ1) is 31.8. The van der Waals surface area contributed by atoms with Crippen LogP contribution < -0.4 is 10.6 Å². The molecule has 0 aliphatic rings. The number of hydrogen-bond donors (Lipinski definition) is 2. The average Bonchev–Trinajstić information content (AvgIpc) is 3.18. The molecular formula is C51H50N2. The Hall–Kier alpha value is -5.86. The molecule has 264 valence electrons. The summed E-state index contributed by atoms with van der Waals surface area (Å²) in [5, 5.41) is 7.57. The Morgan fingerprint density at radius 2 is 0.660 bits per heavy atom. The van der Waals surface area contributed by atoms with Crippen LogP contribution in [0.15, 0.2) is 164 Å². The normalized spacial score (nSPS) is 12.8. The van der Waals surface area contributed by atoms with E-state index in [1.165, 1.54) is 11.1 Å². The molecule has 0 spiro atoms. The summed E-state index contributed by atoms with van der Waals surface area (Å²) >= 11 is 0. The van der Waals surface area contributed by atoms with Crippen molar-refractivity contribution in [3.8, 4) is 44.5 Å². The molecule has 2 N–H and O–H groups in total. The Balaban J connectivity index is 1.45. The number of hydrogen-bond acceptors (Lipinski definition) is 2. The van der Waals surface area contributed by atoms with Crippen molar-refractivity contribution in [1.82, 2.24) is 0 Å². The highest BCUT2D eigenvalue weighted by molar-refractivity contribution is 5.96. The Morgan fingerprint density at radius 1 is 0.377 bits per heavy atom. The van der Waals surface area contributed by atoms with Crippen LogP contribution in [0, 0.1) is 6.85 Å². The highest BCUT2D eigenvalue weighted by atomic mass is 14.9. The molecular weight excluding hydrogens is 641 g/mol. The zero-order valence-electron chi connectivity index (χ0n) is 34.6.